The molecule has 0 bridgehead atoms. The van der Waals surface area contributed by atoms with Gasteiger partial charge in [-0.3, -0.25) is 0 Å². The van der Waals surface area contributed by atoms with Gasteiger partial charge in [0.2, 0.25) is 0 Å². The van der Waals surface area contributed by atoms with Gasteiger partial charge in [0, 0.05) is 18.3 Å². The van der Waals surface area contributed by atoms with Crippen molar-refractivity contribution >= 4 is 5.97 Å². The standard InChI is InChI=1S/C8H15NO2/c1-4-9-7(3)6-8(10)11-5-2/h6,9H,4-5H2,1-3H3/b7-6+. The molecule has 64 valence electrons. The lowest BCUT2D eigenvalue weighted by Gasteiger charge is -2.01. The molecule has 0 amide bonds. The number of ether oxygens (including phenoxy) is 1. The second-order valence-electron chi connectivity index (χ2n) is 2.11. The van der Waals surface area contributed by atoms with Crippen molar-refractivity contribution in [2.24, 2.45) is 0 Å². The summed E-state index contributed by atoms with van der Waals surface area (Å²) in [7, 11) is 0. The lowest BCUT2D eigenvalue weighted by molar-refractivity contribution is -0.137. The van der Waals surface area contributed by atoms with Crippen LogP contribution in [0.3, 0.4) is 0 Å². The normalized spacial score (nSPS) is 11.0. The van der Waals surface area contributed by atoms with Crippen molar-refractivity contribution in [3.05, 3.63) is 11.8 Å². The summed E-state index contributed by atoms with van der Waals surface area (Å²) in [4.78, 5) is 10.8. The van der Waals surface area contributed by atoms with E-state index in [0.717, 1.165) is 12.2 Å². The number of hydrogen-bond acceptors (Lipinski definition) is 3. The summed E-state index contributed by atoms with van der Waals surface area (Å²) in [6, 6.07) is 0. The number of rotatable bonds is 4. The zero-order chi connectivity index (χ0) is 8.69. The number of carbonyl (C=O) groups is 1. The van der Waals surface area contributed by atoms with Crippen LogP contribution in [0.4, 0.5) is 0 Å². The highest BCUT2D eigenvalue weighted by Gasteiger charge is 1.95. The fraction of sp³-hybridized carbons (Fsp3) is 0.625. The zero-order valence-electron chi connectivity index (χ0n) is 7.31. The van der Waals surface area contributed by atoms with E-state index in [1.807, 2.05) is 13.8 Å². The van der Waals surface area contributed by atoms with Crippen molar-refractivity contribution in [1.29, 1.82) is 0 Å². The highest BCUT2D eigenvalue weighted by atomic mass is 16.5. The summed E-state index contributed by atoms with van der Waals surface area (Å²) in [6.07, 6.45) is 1.45. The second kappa shape index (κ2) is 5.77. The zero-order valence-corrected chi connectivity index (χ0v) is 7.31. The molecular formula is C8H15NO2. The summed E-state index contributed by atoms with van der Waals surface area (Å²) in [6.45, 7) is 6.84. The molecule has 0 rings (SSSR count). The van der Waals surface area contributed by atoms with Gasteiger partial charge in [0.1, 0.15) is 0 Å². The molecule has 0 aliphatic heterocycles. The molecule has 0 radical (unpaired) electrons. The molecule has 0 atom stereocenters. The molecule has 3 nitrogen and oxygen atoms in total. The molecule has 0 fully saturated rings. The highest BCUT2D eigenvalue weighted by molar-refractivity contribution is 5.82. The Balaban J connectivity index is 3.76. The topological polar surface area (TPSA) is 38.3 Å². The molecule has 0 aromatic rings. The van der Waals surface area contributed by atoms with E-state index in [0.29, 0.717) is 6.61 Å². The Morgan fingerprint density at radius 3 is 2.64 bits per heavy atom. The molecule has 1 N–H and O–H groups in total. The smallest absolute Gasteiger partial charge is 0.332 e. The SMILES string of the molecule is CCN/C(C)=C/C(=O)OCC. The van der Waals surface area contributed by atoms with Crippen molar-refractivity contribution in [3.63, 3.8) is 0 Å². The van der Waals surface area contributed by atoms with E-state index in [1.165, 1.54) is 6.08 Å². The average Bonchev–Trinajstić information content (AvgIpc) is 1.87. The largest absolute Gasteiger partial charge is 0.463 e. The first-order valence-corrected chi connectivity index (χ1v) is 3.79. The number of esters is 1. The first kappa shape index (κ1) is 10.0. The Morgan fingerprint density at radius 1 is 1.55 bits per heavy atom. The molecular weight excluding hydrogens is 142 g/mol. The van der Waals surface area contributed by atoms with Crippen LogP contribution in [0.25, 0.3) is 0 Å². The van der Waals surface area contributed by atoms with Gasteiger partial charge in [-0.05, 0) is 20.8 Å². The molecule has 0 aromatic carbocycles. The number of allylic oxidation sites excluding steroid dienone is 1. The van der Waals surface area contributed by atoms with Crippen LogP contribution in [0.15, 0.2) is 11.8 Å². The Kier molecular flexibility index (Phi) is 5.25. The van der Waals surface area contributed by atoms with E-state index in [9.17, 15) is 4.79 Å². The molecule has 3 heteroatoms. The van der Waals surface area contributed by atoms with Crippen molar-refractivity contribution in [2.75, 3.05) is 13.2 Å². The average molecular weight is 157 g/mol. The van der Waals surface area contributed by atoms with Crippen LogP contribution in [0, 0.1) is 0 Å². The summed E-state index contributed by atoms with van der Waals surface area (Å²) >= 11 is 0. The van der Waals surface area contributed by atoms with Gasteiger partial charge >= 0.3 is 5.97 Å². The lowest BCUT2D eigenvalue weighted by atomic mass is 10.4. The Morgan fingerprint density at radius 2 is 2.18 bits per heavy atom. The number of nitrogens with one attached hydrogen (secondary N) is 1. The summed E-state index contributed by atoms with van der Waals surface area (Å²) in [5.41, 5.74) is 0.839. The third kappa shape index (κ3) is 5.45. The van der Waals surface area contributed by atoms with Crippen LogP contribution in [0.1, 0.15) is 20.8 Å². The molecule has 0 aliphatic carbocycles. The van der Waals surface area contributed by atoms with Crippen LogP contribution in [-0.2, 0) is 9.53 Å². The predicted octanol–water partition coefficient (Wildman–Crippen LogP) is 1.06. The Labute approximate surface area is 67.4 Å². The van der Waals surface area contributed by atoms with E-state index in [4.69, 9.17) is 4.74 Å². The molecule has 0 aromatic heterocycles. The van der Waals surface area contributed by atoms with Gasteiger partial charge in [-0.2, -0.15) is 0 Å². The minimum atomic E-state index is -0.286. The summed E-state index contributed by atoms with van der Waals surface area (Å²) in [5, 5.41) is 3.00. The molecule has 0 saturated carbocycles. The minimum Gasteiger partial charge on any atom is -0.463 e. The maximum Gasteiger partial charge on any atom is 0.332 e. The van der Waals surface area contributed by atoms with Crippen LogP contribution >= 0.6 is 0 Å². The van der Waals surface area contributed by atoms with E-state index >= 15 is 0 Å². The predicted molar refractivity (Wildman–Crippen MR) is 44.1 cm³/mol. The Hall–Kier alpha value is -0.990. The van der Waals surface area contributed by atoms with E-state index in [2.05, 4.69) is 5.32 Å². The van der Waals surface area contributed by atoms with Crippen LogP contribution in [0.5, 0.6) is 0 Å². The van der Waals surface area contributed by atoms with Gasteiger partial charge < -0.3 is 10.1 Å². The molecule has 0 heterocycles. The molecule has 0 unspecified atom stereocenters. The Bertz CT molecular complexity index is 152. The van der Waals surface area contributed by atoms with E-state index in [-0.39, 0.29) is 5.97 Å². The quantitative estimate of drug-likeness (QED) is 0.490. The third-order valence-electron chi connectivity index (χ3n) is 1.08. The first-order valence-electron chi connectivity index (χ1n) is 3.79. The van der Waals surface area contributed by atoms with Crippen molar-refractivity contribution in [2.45, 2.75) is 20.8 Å². The number of hydrogen-bond donors (Lipinski definition) is 1. The van der Waals surface area contributed by atoms with Crippen LogP contribution in [0.2, 0.25) is 0 Å². The highest BCUT2D eigenvalue weighted by Crippen LogP contribution is 1.88. The third-order valence-corrected chi connectivity index (χ3v) is 1.08. The molecule has 0 spiro atoms. The second-order valence-corrected chi connectivity index (χ2v) is 2.11. The lowest BCUT2D eigenvalue weighted by Crippen LogP contribution is -2.12. The molecule has 0 aliphatic rings. The van der Waals surface area contributed by atoms with E-state index < -0.39 is 0 Å². The van der Waals surface area contributed by atoms with Crippen molar-refractivity contribution in [1.82, 2.24) is 5.32 Å². The van der Waals surface area contributed by atoms with Crippen molar-refractivity contribution in [3.8, 4) is 0 Å². The van der Waals surface area contributed by atoms with Crippen LogP contribution < -0.4 is 5.32 Å². The molecule has 0 saturated heterocycles. The van der Waals surface area contributed by atoms with Gasteiger partial charge in [-0.1, -0.05) is 0 Å². The number of carbonyl (C=O) groups excluding carboxylic acids is 1. The fourth-order valence-corrected chi connectivity index (χ4v) is 0.691. The fourth-order valence-electron chi connectivity index (χ4n) is 0.691. The van der Waals surface area contributed by atoms with Gasteiger partial charge in [-0.25, -0.2) is 4.79 Å². The summed E-state index contributed by atoms with van der Waals surface area (Å²) in [5.74, 6) is -0.286. The van der Waals surface area contributed by atoms with Gasteiger partial charge in [-0.15, -0.1) is 0 Å². The monoisotopic (exact) mass is 157 g/mol. The maximum absolute atomic E-state index is 10.8. The minimum absolute atomic E-state index is 0.286. The molecule has 11 heavy (non-hydrogen) atoms. The van der Waals surface area contributed by atoms with Gasteiger partial charge in [0.25, 0.3) is 0 Å². The van der Waals surface area contributed by atoms with Crippen LogP contribution in [-0.4, -0.2) is 19.1 Å². The summed E-state index contributed by atoms with van der Waals surface area (Å²) < 4.78 is 4.70. The maximum atomic E-state index is 10.8. The van der Waals surface area contributed by atoms with E-state index in [1.54, 1.807) is 6.92 Å². The van der Waals surface area contributed by atoms with Gasteiger partial charge in [0.05, 0.1) is 6.61 Å². The van der Waals surface area contributed by atoms with Gasteiger partial charge in [0.15, 0.2) is 0 Å². The first-order chi connectivity index (χ1) is 5.20. The van der Waals surface area contributed by atoms with Crippen molar-refractivity contribution < 1.29 is 9.53 Å².